The molecule has 15 heavy (non-hydrogen) atoms. The van der Waals surface area contributed by atoms with Crippen molar-refractivity contribution < 1.29 is 91.2 Å². The van der Waals surface area contributed by atoms with Crippen molar-refractivity contribution in [3.63, 3.8) is 0 Å². The summed E-state index contributed by atoms with van der Waals surface area (Å²) in [5.41, 5.74) is 0. The number of nitrogens with zero attached hydrogens (tertiary/aromatic N) is 1. The van der Waals surface area contributed by atoms with Gasteiger partial charge < -0.3 is 64.9 Å². The Morgan fingerprint density at radius 2 is 0.800 bits per heavy atom. The molecule has 0 fully saturated rings. The van der Waals surface area contributed by atoms with Gasteiger partial charge in [-0.05, 0) is 0 Å². The minimum absolute atomic E-state index is 0. The molecular formula is C6H15Cl4NO3Zr. The summed E-state index contributed by atoms with van der Waals surface area (Å²) in [5, 5.41) is 25.5. The molecule has 4 nitrogen and oxygen atoms in total. The van der Waals surface area contributed by atoms with Gasteiger partial charge in [0, 0.05) is 19.6 Å². The van der Waals surface area contributed by atoms with Crippen LogP contribution in [0.4, 0.5) is 0 Å². The average Bonchev–Trinajstić information content (AvgIpc) is 1.90. The van der Waals surface area contributed by atoms with Crippen LogP contribution in [0.3, 0.4) is 0 Å². The van der Waals surface area contributed by atoms with Gasteiger partial charge in [-0.1, -0.05) is 0 Å². The second kappa shape index (κ2) is 29.7. The van der Waals surface area contributed by atoms with Gasteiger partial charge in [0.2, 0.25) is 0 Å². The van der Waals surface area contributed by atoms with Crippen molar-refractivity contribution in [3.05, 3.63) is 0 Å². The quantitative estimate of drug-likeness (QED) is 0.427. The summed E-state index contributed by atoms with van der Waals surface area (Å²) < 4.78 is 0. The molecule has 0 aliphatic heterocycles. The van der Waals surface area contributed by atoms with Crippen LogP contribution in [-0.2, 0) is 26.2 Å². The maximum Gasteiger partial charge on any atom is 4.00 e. The summed E-state index contributed by atoms with van der Waals surface area (Å²) in [6.45, 7) is 1.75. The van der Waals surface area contributed by atoms with Crippen LogP contribution in [0, 0.1) is 0 Å². The van der Waals surface area contributed by atoms with Crippen LogP contribution >= 0.6 is 0 Å². The predicted molar refractivity (Wildman–Crippen MR) is 37.7 cm³/mol. The van der Waals surface area contributed by atoms with Gasteiger partial charge in [0.15, 0.2) is 0 Å². The molecule has 0 amide bonds. The second-order valence-corrected chi connectivity index (χ2v) is 2.01. The summed E-state index contributed by atoms with van der Waals surface area (Å²) in [4.78, 5) is 1.79. The van der Waals surface area contributed by atoms with Crippen molar-refractivity contribution in [2.24, 2.45) is 0 Å². The van der Waals surface area contributed by atoms with Crippen LogP contribution in [-0.4, -0.2) is 59.7 Å². The van der Waals surface area contributed by atoms with Gasteiger partial charge in [-0.25, -0.2) is 0 Å². The van der Waals surface area contributed by atoms with Crippen LogP contribution < -0.4 is 49.6 Å². The van der Waals surface area contributed by atoms with E-state index >= 15 is 0 Å². The number of hydrogen-bond acceptors (Lipinski definition) is 4. The molecule has 0 aromatic carbocycles. The van der Waals surface area contributed by atoms with Crippen molar-refractivity contribution in [1.29, 1.82) is 0 Å². The Morgan fingerprint density at radius 1 is 0.600 bits per heavy atom. The van der Waals surface area contributed by atoms with Crippen LogP contribution in [0.5, 0.6) is 0 Å². The van der Waals surface area contributed by atoms with Gasteiger partial charge in [0.25, 0.3) is 0 Å². The third-order valence-corrected chi connectivity index (χ3v) is 1.25. The van der Waals surface area contributed by atoms with Crippen molar-refractivity contribution in [2.75, 3.05) is 39.5 Å². The topological polar surface area (TPSA) is 63.9 Å². The molecule has 0 spiro atoms. The van der Waals surface area contributed by atoms with E-state index in [0.717, 1.165) is 0 Å². The van der Waals surface area contributed by atoms with Crippen molar-refractivity contribution in [2.45, 2.75) is 0 Å². The van der Waals surface area contributed by atoms with Gasteiger partial charge in [-0.3, -0.25) is 4.90 Å². The number of hydrogen-bond donors (Lipinski definition) is 3. The second-order valence-electron chi connectivity index (χ2n) is 2.01. The summed E-state index contributed by atoms with van der Waals surface area (Å²) in [6, 6.07) is 0. The first-order valence-electron chi connectivity index (χ1n) is 3.40. The van der Waals surface area contributed by atoms with Crippen LogP contribution in [0.2, 0.25) is 0 Å². The molecule has 0 rings (SSSR count). The summed E-state index contributed by atoms with van der Waals surface area (Å²) >= 11 is 0. The zero-order chi connectivity index (χ0) is 7.82. The normalized spacial score (nSPS) is 7.20. The zero-order valence-corrected chi connectivity index (χ0v) is 13.5. The van der Waals surface area contributed by atoms with E-state index in [2.05, 4.69) is 0 Å². The fourth-order valence-corrected chi connectivity index (χ4v) is 0.760. The van der Waals surface area contributed by atoms with E-state index in [1.165, 1.54) is 0 Å². The molecule has 9 heteroatoms. The Labute approximate surface area is 135 Å². The van der Waals surface area contributed by atoms with E-state index in [1.807, 2.05) is 0 Å². The minimum atomic E-state index is 0. The van der Waals surface area contributed by atoms with E-state index < -0.39 is 0 Å². The van der Waals surface area contributed by atoms with Gasteiger partial charge in [0.05, 0.1) is 19.8 Å². The fourth-order valence-electron chi connectivity index (χ4n) is 0.760. The Bertz CT molecular complexity index is 73.1. The summed E-state index contributed by atoms with van der Waals surface area (Å²) in [5.74, 6) is 0. The van der Waals surface area contributed by atoms with E-state index in [9.17, 15) is 0 Å². The molecule has 0 saturated carbocycles. The third-order valence-electron chi connectivity index (χ3n) is 1.25. The molecule has 0 radical (unpaired) electrons. The molecule has 0 atom stereocenters. The van der Waals surface area contributed by atoms with Gasteiger partial charge in [-0.15, -0.1) is 0 Å². The zero-order valence-electron chi connectivity index (χ0n) is 8.04. The van der Waals surface area contributed by atoms with Crippen LogP contribution in [0.25, 0.3) is 0 Å². The third kappa shape index (κ3) is 25.8. The Hall–Kier alpha value is 1.88. The Morgan fingerprint density at radius 3 is 0.933 bits per heavy atom. The molecule has 0 aromatic heterocycles. The Kier molecular flexibility index (Phi) is 71.2. The van der Waals surface area contributed by atoms with Crippen LogP contribution in [0.15, 0.2) is 0 Å². The Balaban J connectivity index is -0.0000000405. The number of halogens is 4. The maximum atomic E-state index is 8.48. The molecule has 0 bridgehead atoms. The summed E-state index contributed by atoms with van der Waals surface area (Å²) in [7, 11) is 0. The molecule has 94 valence electrons. The van der Waals surface area contributed by atoms with Crippen LogP contribution in [0.1, 0.15) is 0 Å². The minimum Gasteiger partial charge on any atom is -1.00 e. The first kappa shape index (κ1) is 36.0. The maximum absolute atomic E-state index is 8.48. The standard InChI is InChI=1S/C6H15NO3.4ClH.Zr/c8-4-1-7(2-5-9)3-6-10;;;;;/h8-10H,1-6H2;4*1H;/q;;;;;+4/p-4. The molecule has 0 unspecified atom stereocenters. The first-order valence-corrected chi connectivity index (χ1v) is 3.40. The summed E-state index contributed by atoms with van der Waals surface area (Å²) in [6.07, 6.45) is 0. The van der Waals surface area contributed by atoms with Crippen molar-refractivity contribution in [3.8, 4) is 0 Å². The van der Waals surface area contributed by atoms with Crippen molar-refractivity contribution in [1.82, 2.24) is 4.90 Å². The number of aliphatic hydroxyl groups is 3. The predicted octanol–water partition coefficient (Wildman–Crippen LogP) is -13.7. The fraction of sp³-hybridized carbons (Fsp3) is 1.00. The molecule has 0 aliphatic rings. The first-order chi connectivity index (χ1) is 4.85. The number of aliphatic hydroxyl groups excluding tert-OH is 3. The monoisotopic (exact) mass is 379 g/mol. The number of rotatable bonds is 6. The SMILES string of the molecule is OCCN(CCO)CCO.[Cl-].[Cl-].[Cl-].[Cl-].[Zr+4]. The van der Waals surface area contributed by atoms with E-state index in [-0.39, 0.29) is 95.7 Å². The molecule has 0 aromatic rings. The van der Waals surface area contributed by atoms with Crippen molar-refractivity contribution >= 4 is 0 Å². The van der Waals surface area contributed by atoms with Gasteiger partial charge in [0.1, 0.15) is 0 Å². The molecular weight excluding hydrogens is 367 g/mol. The van der Waals surface area contributed by atoms with E-state index in [0.29, 0.717) is 19.6 Å². The van der Waals surface area contributed by atoms with E-state index in [1.54, 1.807) is 4.90 Å². The van der Waals surface area contributed by atoms with Gasteiger partial charge in [-0.2, -0.15) is 0 Å². The molecule has 0 aliphatic carbocycles. The molecule has 3 N–H and O–H groups in total. The molecule has 0 saturated heterocycles. The largest absolute Gasteiger partial charge is 4.00 e. The smallest absolute Gasteiger partial charge is 1.00 e. The molecule has 0 heterocycles. The average molecular weight is 382 g/mol. The van der Waals surface area contributed by atoms with Gasteiger partial charge >= 0.3 is 26.2 Å². The van der Waals surface area contributed by atoms with E-state index in [4.69, 9.17) is 15.3 Å².